The molecule has 0 unspecified atom stereocenters. The van der Waals surface area contributed by atoms with E-state index in [9.17, 15) is 4.79 Å². The van der Waals surface area contributed by atoms with Crippen LogP contribution < -0.4 is 0 Å². The van der Waals surface area contributed by atoms with Gasteiger partial charge in [0.1, 0.15) is 6.29 Å². The Morgan fingerprint density at radius 2 is 1.70 bits per heavy atom. The van der Waals surface area contributed by atoms with Gasteiger partial charge >= 0.3 is 0 Å². The molecule has 0 fully saturated rings. The van der Waals surface area contributed by atoms with Crippen LogP contribution in [0.25, 0.3) is 0 Å². The first kappa shape index (κ1) is 9.55. The van der Waals surface area contributed by atoms with Crippen molar-refractivity contribution in [1.29, 1.82) is 0 Å². The third-order valence-corrected chi connectivity index (χ3v) is 1.49. The molecule has 0 radical (unpaired) electrons. The van der Waals surface area contributed by atoms with E-state index >= 15 is 0 Å². The Morgan fingerprint density at radius 1 is 1.20 bits per heavy atom. The fourth-order valence-electron chi connectivity index (χ4n) is 0.564. The lowest BCUT2D eigenvalue weighted by Crippen LogP contribution is -2.32. The Morgan fingerprint density at radius 3 is 1.80 bits per heavy atom. The summed E-state index contributed by atoms with van der Waals surface area (Å²) in [6, 6.07) is 0. The van der Waals surface area contributed by atoms with Crippen molar-refractivity contribution in [3.05, 3.63) is 0 Å². The van der Waals surface area contributed by atoms with Crippen molar-refractivity contribution < 1.29 is 20.1 Å². The van der Waals surface area contributed by atoms with E-state index in [1.54, 1.807) is 0 Å². The molecule has 0 bridgehead atoms. The number of hydrogen-bond donors (Lipinski definition) is 3. The summed E-state index contributed by atoms with van der Waals surface area (Å²) in [7, 11) is 0. The summed E-state index contributed by atoms with van der Waals surface area (Å²) in [5, 5.41) is 25.6. The van der Waals surface area contributed by atoms with E-state index < -0.39 is 18.6 Å². The first-order valence-electron chi connectivity index (χ1n) is 3.03. The van der Waals surface area contributed by atoms with Crippen LogP contribution in [0, 0.1) is 5.41 Å². The van der Waals surface area contributed by atoms with Gasteiger partial charge in [0.2, 0.25) is 0 Å². The summed E-state index contributed by atoms with van der Waals surface area (Å²) < 4.78 is 0. The van der Waals surface area contributed by atoms with Crippen molar-refractivity contribution in [2.45, 2.75) is 6.42 Å². The van der Waals surface area contributed by atoms with E-state index in [2.05, 4.69) is 0 Å². The van der Waals surface area contributed by atoms with Gasteiger partial charge in [0, 0.05) is 6.61 Å². The zero-order valence-corrected chi connectivity index (χ0v) is 5.66. The van der Waals surface area contributed by atoms with Crippen LogP contribution >= 0.6 is 0 Å². The molecule has 0 aromatic heterocycles. The molecule has 0 rings (SSSR count). The van der Waals surface area contributed by atoms with Crippen LogP contribution in [-0.2, 0) is 4.79 Å². The first-order chi connectivity index (χ1) is 4.74. The minimum absolute atomic E-state index is 0.101. The predicted molar refractivity (Wildman–Crippen MR) is 34.4 cm³/mol. The van der Waals surface area contributed by atoms with Crippen LogP contribution in [0.3, 0.4) is 0 Å². The molecule has 0 aliphatic carbocycles. The molecule has 0 saturated carbocycles. The molecular weight excluding hydrogens is 136 g/mol. The predicted octanol–water partition coefficient (Wildman–Crippen LogP) is -1.46. The summed E-state index contributed by atoms with van der Waals surface area (Å²) in [4.78, 5) is 10.2. The van der Waals surface area contributed by atoms with Crippen molar-refractivity contribution in [1.82, 2.24) is 0 Å². The number of aldehydes is 1. The monoisotopic (exact) mass is 148 g/mol. The lowest BCUT2D eigenvalue weighted by molar-refractivity contribution is -0.122. The molecule has 0 heterocycles. The van der Waals surface area contributed by atoms with Crippen molar-refractivity contribution in [2.75, 3.05) is 19.8 Å². The molecule has 0 aliphatic heterocycles. The number of aliphatic hydroxyl groups excluding tert-OH is 3. The van der Waals surface area contributed by atoms with E-state index in [1.165, 1.54) is 0 Å². The second-order valence-electron chi connectivity index (χ2n) is 2.27. The summed E-state index contributed by atoms with van der Waals surface area (Å²) in [5.41, 5.74) is -1.14. The number of carbonyl (C=O) groups is 1. The highest BCUT2D eigenvalue weighted by atomic mass is 16.3. The van der Waals surface area contributed by atoms with Crippen molar-refractivity contribution in [3.63, 3.8) is 0 Å². The second-order valence-corrected chi connectivity index (χ2v) is 2.27. The molecular formula is C6H12O4. The standard InChI is InChI=1S/C6H12O4/c7-2-1-6(3-8,4-9)5-10/h3,7,9-10H,1-2,4-5H2. The lowest BCUT2D eigenvalue weighted by Gasteiger charge is -2.20. The molecule has 0 aromatic rings. The van der Waals surface area contributed by atoms with Gasteiger partial charge in [-0.15, -0.1) is 0 Å². The van der Waals surface area contributed by atoms with Crippen LogP contribution in [0.4, 0.5) is 0 Å². The SMILES string of the molecule is O=CC(CO)(CO)CCO. The minimum atomic E-state index is -1.14. The topological polar surface area (TPSA) is 77.8 Å². The maximum absolute atomic E-state index is 10.2. The largest absolute Gasteiger partial charge is 0.396 e. The molecule has 0 saturated heterocycles. The fourth-order valence-corrected chi connectivity index (χ4v) is 0.564. The fraction of sp³-hybridized carbons (Fsp3) is 0.833. The maximum Gasteiger partial charge on any atom is 0.130 e. The van der Waals surface area contributed by atoms with E-state index in [0.29, 0.717) is 6.29 Å². The zero-order chi connectivity index (χ0) is 8.04. The molecule has 0 atom stereocenters. The summed E-state index contributed by atoms with van der Waals surface area (Å²) in [6.45, 7) is -1.05. The van der Waals surface area contributed by atoms with Gasteiger partial charge < -0.3 is 20.1 Å². The van der Waals surface area contributed by atoms with Gasteiger partial charge in [-0.25, -0.2) is 0 Å². The van der Waals surface area contributed by atoms with E-state index in [4.69, 9.17) is 15.3 Å². The zero-order valence-electron chi connectivity index (χ0n) is 5.66. The second kappa shape index (κ2) is 4.38. The Bertz CT molecular complexity index is 97.9. The molecule has 0 amide bonds. The third-order valence-electron chi connectivity index (χ3n) is 1.49. The Kier molecular flexibility index (Phi) is 4.18. The van der Waals surface area contributed by atoms with Crippen molar-refractivity contribution >= 4 is 6.29 Å². The first-order valence-corrected chi connectivity index (χ1v) is 3.03. The van der Waals surface area contributed by atoms with Gasteiger partial charge in [0.05, 0.1) is 18.6 Å². The van der Waals surface area contributed by atoms with Crippen molar-refractivity contribution in [3.8, 4) is 0 Å². The van der Waals surface area contributed by atoms with Gasteiger partial charge in [-0.3, -0.25) is 0 Å². The summed E-state index contributed by atoms with van der Waals surface area (Å²) in [6.07, 6.45) is 0.576. The number of rotatable bonds is 5. The molecule has 4 nitrogen and oxygen atoms in total. The van der Waals surface area contributed by atoms with Crippen LogP contribution in [0.5, 0.6) is 0 Å². The Hall–Kier alpha value is -0.450. The third kappa shape index (κ3) is 2.06. The number of hydrogen-bond acceptors (Lipinski definition) is 4. The van der Waals surface area contributed by atoms with Gasteiger partial charge in [0.15, 0.2) is 0 Å². The van der Waals surface area contributed by atoms with E-state index in [-0.39, 0.29) is 13.0 Å². The summed E-state index contributed by atoms with van der Waals surface area (Å²) >= 11 is 0. The molecule has 60 valence electrons. The summed E-state index contributed by atoms with van der Waals surface area (Å²) in [5.74, 6) is 0. The van der Waals surface area contributed by atoms with E-state index in [1.807, 2.05) is 0 Å². The van der Waals surface area contributed by atoms with Gasteiger partial charge in [-0.1, -0.05) is 0 Å². The average Bonchev–Trinajstić information content (AvgIpc) is 2.01. The highest BCUT2D eigenvalue weighted by molar-refractivity contribution is 5.59. The number of carbonyl (C=O) groups excluding carboxylic acids is 1. The molecule has 3 N–H and O–H groups in total. The molecule has 0 aliphatic rings. The maximum atomic E-state index is 10.2. The van der Waals surface area contributed by atoms with Gasteiger partial charge in [-0.2, -0.15) is 0 Å². The average molecular weight is 148 g/mol. The normalized spacial score (nSPS) is 11.5. The molecule has 0 spiro atoms. The van der Waals surface area contributed by atoms with Crippen molar-refractivity contribution in [2.24, 2.45) is 5.41 Å². The highest BCUT2D eigenvalue weighted by Gasteiger charge is 2.27. The van der Waals surface area contributed by atoms with Crippen LogP contribution in [0.2, 0.25) is 0 Å². The smallest absolute Gasteiger partial charge is 0.130 e. The van der Waals surface area contributed by atoms with Gasteiger partial charge in [-0.05, 0) is 6.42 Å². The number of aliphatic hydroxyl groups is 3. The molecule has 10 heavy (non-hydrogen) atoms. The highest BCUT2D eigenvalue weighted by Crippen LogP contribution is 2.15. The Labute approximate surface area is 59.1 Å². The van der Waals surface area contributed by atoms with Crippen LogP contribution in [0.1, 0.15) is 6.42 Å². The molecule has 4 heteroatoms. The molecule has 0 aromatic carbocycles. The lowest BCUT2D eigenvalue weighted by atomic mass is 9.89. The minimum Gasteiger partial charge on any atom is -0.396 e. The van der Waals surface area contributed by atoms with Crippen LogP contribution in [0.15, 0.2) is 0 Å². The quantitative estimate of drug-likeness (QED) is 0.416. The van der Waals surface area contributed by atoms with Gasteiger partial charge in [0.25, 0.3) is 0 Å². The van der Waals surface area contributed by atoms with E-state index in [0.717, 1.165) is 0 Å². The van der Waals surface area contributed by atoms with Crippen LogP contribution in [-0.4, -0.2) is 41.4 Å². The Balaban J connectivity index is 4.00.